The summed E-state index contributed by atoms with van der Waals surface area (Å²) < 4.78 is 0. The van der Waals surface area contributed by atoms with Crippen molar-refractivity contribution in [2.24, 2.45) is 4.99 Å². The molecule has 0 amide bonds. The van der Waals surface area contributed by atoms with E-state index in [1.807, 2.05) is 6.07 Å². The number of rotatable bonds is 2. The summed E-state index contributed by atoms with van der Waals surface area (Å²) in [6, 6.07) is 3.72. The quantitative estimate of drug-likeness (QED) is 0.636. The summed E-state index contributed by atoms with van der Waals surface area (Å²) >= 11 is 11.2. The molecule has 1 aromatic rings. The Kier molecular flexibility index (Phi) is 3.28. The fourth-order valence-corrected chi connectivity index (χ4v) is 1.74. The van der Waals surface area contributed by atoms with E-state index in [1.165, 1.54) is 0 Å². The monoisotopic (exact) mass is 244 g/mol. The summed E-state index contributed by atoms with van der Waals surface area (Å²) in [5.41, 5.74) is 1.08. The first-order valence-corrected chi connectivity index (χ1v) is 5.31. The number of guanidine groups is 1. The van der Waals surface area contributed by atoms with Gasteiger partial charge in [0.25, 0.3) is 0 Å². The van der Waals surface area contributed by atoms with Gasteiger partial charge in [0, 0.05) is 31.1 Å². The van der Waals surface area contributed by atoms with Gasteiger partial charge in [0.15, 0.2) is 0 Å². The van der Waals surface area contributed by atoms with E-state index >= 15 is 0 Å². The van der Waals surface area contributed by atoms with Crippen LogP contribution in [0.5, 0.6) is 0 Å². The van der Waals surface area contributed by atoms with Crippen molar-refractivity contribution < 1.29 is 0 Å². The molecule has 0 saturated carbocycles. The number of pyridine rings is 1. The van der Waals surface area contributed by atoms with E-state index in [0.717, 1.165) is 25.2 Å². The smallest absolute Gasteiger partial charge is 0.209 e. The average Bonchev–Trinajstić information content (AvgIpc) is 2.69. The van der Waals surface area contributed by atoms with Crippen molar-refractivity contribution in [3.05, 3.63) is 29.0 Å². The summed E-state index contributed by atoms with van der Waals surface area (Å²) in [5.74, 6) is 0.714. The lowest BCUT2D eigenvalue weighted by Crippen LogP contribution is -2.33. The summed E-state index contributed by atoms with van der Waals surface area (Å²) in [6.45, 7) is 2.39. The van der Waals surface area contributed by atoms with Crippen LogP contribution in [0.25, 0.3) is 0 Å². The Bertz CT molecular complexity index is 363. The number of hydrogen-bond acceptors (Lipinski definition) is 4. The highest BCUT2D eigenvalue weighted by atomic mass is 35.5. The standard InChI is InChI=1S/C9H10Cl2N4/c10-8-2-1-7(5-13-8)6-15-4-3-12-9(15)14-11/h1-2,5H,3-4,6H2,(H,12,14). The molecule has 1 aromatic heterocycles. The summed E-state index contributed by atoms with van der Waals surface area (Å²) in [4.78, 5) is 12.8. The molecule has 0 bridgehead atoms. The first kappa shape index (κ1) is 10.5. The van der Waals surface area contributed by atoms with Gasteiger partial charge in [0.1, 0.15) is 5.15 Å². The van der Waals surface area contributed by atoms with Crippen molar-refractivity contribution in [3.8, 4) is 0 Å². The fraction of sp³-hybridized carbons (Fsp3) is 0.333. The second kappa shape index (κ2) is 4.68. The Morgan fingerprint density at radius 3 is 3.00 bits per heavy atom. The molecular weight excluding hydrogens is 235 g/mol. The second-order valence-electron chi connectivity index (χ2n) is 3.21. The topological polar surface area (TPSA) is 40.5 Å². The molecule has 0 unspecified atom stereocenters. The van der Waals surface area contributed by atoms with Crippen LogP contribution in [0.2, 0.25) is 5.15 Å². The van der Waals surface area contributed by atoms with Crippen LogP contribution < -0.4 is 4.84 Å². The molecule has 15 heavy (non-hydrogen) atoms. The highest BCUT2D eigenvalue weighted by Crippen LogP contribution is 2.10. The maximum Gasteiger partial charge on any atom is 0.209 e. The van der Waals surface area contributed by atoms with E-state index in [4.69, 9.17) is 23.4 Å². The zero-order chi connectivity index (χ0) is 10.7. The summed E-state index contributed by atoms with van der Waals surface area (Å²) in [7, 11) is 0. The van der Waals surface area contributed by atoms with Crippen LogP contribution in [0.3, 0.4) is 0 Å². The highest BCUT2D eigenvalue weighted by molar-refractivity contribution is 6.29. The zero-order valence-electron chi connectivity index (χ0n) is 7.95. The molecule has 1 N–H and O–H groups in total. The number of nitrogens with zero attached hydrogens (tertiary/aromatic N) is 3. The molecule has 2 heterocycles. The van der Waals surface area contributed by atoms with E-state index in [-0.39, 0.29) is 0 Å². The van der Waals surface area contributed by atoms with Crippen molar-refractivity contribution in [1.82, 2.24) is 14.7 Å². The van der Waals surface area contributed by atoms with Crippen molar-refractivity contribution in [1.29, 1.82) is 0 Å². The first-order chi connectivity index (χ1) is 7.29. The van der Waals surface area contributed by atoms with E-state index < -0.39 is 0 Å². The molecule has 0 radical (unpaired) electrons. The Hall–Kier alpha value is -1.00. The predicted molar refractivity (Wildman–Crippen MR) is 60.9 cm³/mol. The average molecular weight is 245 g/mol. The third-order valence-corrected chi connectivity index (χ3v) is 2.57. The molecule has 0 spiro atoms. The van der Waals surface area contributed by atoms with Gasteiger partial charge in [-0.25, -0.2) is 4.98 Å². The maximum absolute atomic E-state index is 5.70. The Balaban J connectivity index is 2.03. The van der Waals surface area contributed by atoms with Gasteiger partial charge in [-0.05, 0) is 11.6 Å². The minimum absolute atomic E-state index is 0.504. The molecule has 6 heteroatoms. The third kappa shape index (κ3) is 2.52. The van der Waals surface area contributed by atoms with Crippen LogP contribution in [0.1, 0.15) is 5.56 Å². The molecule has 80 valence electrons. The largest absolute Gasteiger partial charge is 0.336 e. The van der Waals surface area contributed by atoms with Crippen LogP contribution in [0.4, 0.5) is 0 Å². The lowest BCUT2D eigenvalue weighted by Gasteiger charge is -2.18. The van der Waals surface area contributed by atoms with E-state index in [0.29, 0.717) is 11.1 Å². The Morgan fingerprint density at radius 1 is 1.47 bits per heavy atom. The van der Waals surface area contributed by atoms with Crippen molar-refractivity contribution in [3.63, 3.8) is 0 Å². The van der Waals surface area contributed by atoms with Crippen LogP contribution in [-0.2, 0) is 6.54 Å². The molecule has 0 fully saturated rings. The van der Waals surface area contributed by atoms with Crippen LogP contribution in [-0.4, -0.2) is 28.9 Å². The summed E-state index contributed by atoms with van der Waals surface area (Å²) in [6.07, 6.45) is 1.76. The number of hydrogen-bond donors (Lipinski definition) is 1. The third-order valence-electron chi connectivity index (χ3n) is 2.18. The number of aromatic nitrogens is 1. The normalized spacial score (nSPS) is 15.3. The van der Waals surface area contributed by atoms with Crippen molar-refractivity contribution >= 4 is 29.3 Å². The molecule has 0 atom stereocenters. The van der Waals surface area contributed by atoms with E-state index in [1.54, 1.807) is 12.3 Å². The van der Waals surface area contributed by atoms with Gasteiger partial charge < -0.3 is 4.90 Å². The minimum atomic E-state index is 0.504. The van der Waals surface area contributed by atoms with Crippen LogP contribution in [0, 0.1) is 0 Å². The second-order valence-corrected chi connectivity index (χ2v) is 3.79. The van der Waals surface area contributed by atoms with Crippen molar-refractivity contribution in [2.45, 2.75) is 6.54 Å². The zero-order valence-corrected chi connectivity index (χ0v) is 9.46. The van der Waals surface area contributed by atoms with E-state index in [9.17, 15) is 0 Å². The highest BCUT2D eigenvalue weighted by Gasteiger charge is 2.16. The molecule has 4 nitrogen and oxygen atoms in total. The first-order valence-electron chi connectivity index (χ1n) is 4.56. The predicted octanol–water partition coefficient (Wildman–Crippen LogP) is 1.65. The van der Waals surface area contributed by atoms with Gasteiger partial charge in [-0.1, -0.05) is 17.7 Å². The Labute approximate surface area is 98.0 Å². The number of halogens is 2. The molecular formula is C9H10Cl2N4. The van der Waals surface area contributed by atoms with Gasteiger partial charge in [-0.3, -0.25) is 9.83 Å². The SMILES string of the molecule is ClNC1=NCCN1Cc1ccc(Cl)nc1. The van der Waals surface area contributed by atoms with Gasteiger partial charge in [0.2, 0.25) is 5.96 Å². The van der Waals surface area contributed by atoms with Crippen LogP contribution >= 0.6 is 23.4 Å². The lowest BCUT2D eigenvalue weighted by atomic mass is 10.3. The maximum atomic E-state index is 5.70. The molecule has 0 saturated heterocycles. The molecule has 1 aliphatic heterocycles. The Morgan fingerprint density at radius 2 is 2.33 bits per heavy atom. The molecule has 0 aromatic carbocycles. The lowest BCUT2D eigenvalue weighted by molar-refractivity contribution is 0.444. The van der Waals surface area contributed by atoms with Gasteiger partial charge in [-0.15, -0.1) is 0 Å². The summed E-state index contributed by atoms with van der Waals surface area (Å²) in [5, 5.41) is 0.504. The number of nitrogens with one attached hydrogen (secondary N) is 1. The molecule has 1 aliphatic rings. The minimum Gasteiger partial charge on any atom is -0.336 e. The van der Waals surface area contributed by atoms with Gasteiger partial charge in [-0.2, -0.15) is 0 Å². The van der Waals surface area contributed by atoms with E-state index in [2.05, 4.69) is 19.7 Å². The van der Waals surface area contributed by atoms with Crippen molar-refractivity contribution in [2.75, 3.05) is 13.1 Å². The molecule has 2 rings (SSSR count). The van der Waals surface area contributed by atoms with Crippen LogP contribution in [0.15, 0.2) is 23.3 Å². The molecule has 0 aliphatic carbocycles. The van der Waals surface area contributed by atoms with Gasteiger partial charge in [0.05, 0.1) is 6.54 Å². The van der Waals surface area contributed by atoms with Gasteiger partial charge >= 0.3 is 0 Å². The number of aliphatic imine (C=N–C) groups is 1. The fourth-order valence-electron chi connectivity index (χ4n) is 1.45.